The number of nitrogens with zero attached hydrogens (tertiary/aromatic N) is 2. The quantitative estimate of drug-likeness (QED) is 0.281. The summed E-state index contributed by atoms with van der Waals surface area (Å²) in [6.07, 6.45) is 1.29. The molecule has 180 valence electrons. The second-order valence-electron chi connectivity index (χ2n) is 7.05. The number of carbonyl (C=O) groups excluding carboxylic acids is 1. The Bertz CT molecular complexity index is 961. The van der Waals surface area contributed by atoms with E-state index in [1.165, 1.54) is 6.20 Å². The van der Waals surface area contributed by atoms with Crippen LogP contribution >= 0.6 is 0 Å². The van der Waals surface area contributed by atoms with Crippen molar-refractivity contribution >= 4 is 29.3 Å². The number of rotatable bonds is 13. The molecule has 6 N–H and O–H groups in total. The first-order valence-corrected chi connectivity index (χ1v) is 10.4. The first kappa shape index (κ1) is 25.6. The lowest BCUT2D eigenvalue weighted by molar-refractivity contribution is 0.100. The van der Waals surface area contributed by atoms with Gasteiger partial charge in [-0.3, -0.25) is 4.79 Å². The Kier molecular flexibility index (Phi) is 9.61. The number of carbonyl (C=O) groups is 2. The number of hydrogen-bond donors (Lipinski definition) is 5. The van der Waals surface area contributed by atoms with Gasteiger partial charge in [-0.15, -0.1) is 0 Å². The number of pyridine rings is 2. The van der Waals surface area contributed by atoms with E-state index in [-0.39, 0.29) is 17.2 Å². The van der Waals surface area contributed by atoms with E-state index >= 15 is 0 Å². The van der Waals surface area contributed by atoms with Gasteiger partial charge >= 0.3 is 6.09 Å². The summed E-state index contributed by atoms with van der Waals surface area (Å²) < 4.78 is 25.2. The van der Waals surface area contributed by atoms with Crippen LogP contribution in [0.15, 0.2) is 24.4 Å². The van der Waals surface area contributed by atoms with Gasteiger partial charge in [-0.25, -0.2) is 19.2 Å². The summed E-state index contributed by atoms with van der Waals surface area (Å²) >= 11 is 0. The van der Waals surface area contributed by atoms with E-state index in [0.717, 1.165) is 6.07 Å². The second-order valence-corrected chi connectivity index (χ2v) is 7.05. The van der Waals surface area contributed by atoms with Gasteiger partial charge in [0.2, 0.25) is 5.88 Å². The first-order chi connectivity index (χ1) is 15.8. The van der Waals surface area contributed by atoms with Crippen LogP contribution in [-0.4, -0.2) is 59.5 Å². The fourth-order valence-corrected chi connectivity index (χ4v) is 3.11. The van der Waals surface area contributed by atoms with Crippen LogP contribution in [-0.2, 0) is 4.74 Å². The third kappa shape index (κ3) is 7.45. The van der Waals surface area contributed by atoms with Gasteiger partial charge in [0.05, 0.1) is 18.2 Å². The van der Waals surface area contributed by atoms with Gasteiger partial charge in [0.1, 0.15) is 12.4 Å². The molecule has 33 heavy (non-hydrogen) atoms. The molecule has 0 radical (unpaired) electrons. The van der Waals surface area contributed by atoms with Gasteiger partial charge < -0.3 is 36.3 Å². The number of methoxy groups -OCH3 is 1. The summed E-state index contributed by atoms with van der Waals surface area (Å²) in [4.78, 5) is 31.3. The van der Waals surface area contributed by atoms with Crippen LogP contribution in [0.25, 0.3) is 0 Å². The molecule has 2 amide bonds. The van der Waals surface area contributed by atoms with E-state index in [0.29, 0.717) is 37.6 Å². The second kappa shape index (κ2) is 12.4. The number of halogens is 1. The fourth-order valence-electron chi connectivity index (χ4n) is 3.11. The van der Waals surface area contributed by atoms with Crippen molar-refractivity contribution in [3.8, 4) is 5.88 Å². The summed E-state index contributed by atoms with van der Waals surface area (Å²) in [5.74, 6) is -1.47. The molecule has 0 saturated heterocycles. The zero-order chi connectivity index (χ0) is 24.4. The molecule has 0 fully saturated rings. The molecule has 0 aromatic carbocycles. The number of ether oxygens (including phenoxy) is 2. The lowest BCUT2D eigenvalue weighted by Crippen LogP contribution is -2.46. The molecular formula is C21H29FN6O5. The minimum absolute atomic E-state index is 0.0227. The van der Waals surface area contributed by atoms with Crippen LogP contribution < -0.4 is 26.4 Å². The number of aromatic nitrogens is 2. The van der Waals surface area contributed by atoms with Crippen LogP contribution in [0, 0.1) is 5.82 Å². The van der Waals surface area contributed by atoms with Crippen molar-refractivity contribution in [3.63, 3.8) is 0 Å². The average molecular weight is 464 g/mol. The number of amides is 2. The topological polar surface area (TPSA) is 161 Å². The monoisotopic (exact) mass is 464 g/mol. The van der Waals surface area contributed by atoms with E-state index in [1.807, 2.05) is 13.8 Å². The largest absolute Gasteiger partial charge is 0.475 e. The summed E-state index contributed by atoms with van der Waals surface area (Å²) in [5.41, 5.74) is 5.75. The minimum Gasteiger partial charge on any atom is -0.475 e. The van der Waals surface area contributed by atoms with Gasteiger partial charge in [-0.05, 0) is 25.0 Å². The molecule has 11 nitrogen and oxygen atoms in total. The highest BCUT2D eigenvalue weighted by Crippen LogP contribution is 2.26. The maximum absolute atomic E-state index is 14.8. The molecule has 0 saturated carbocycles. The van der Waals surface area contributed by atoms with Gasteiger partial charge in [-0.1, -0.05) is 13.8 Å². The SMILES string of the molecule is CC[C@H](NC(=O)O)[C@@H](CC)Nc1nc(Nc2ccnc(OCCOC)c2)c(C(N)=O)cc1F. The molecule has 0 aliphatic heterocycles. The highest BCUT2D eigenvalue weighted by atomic mass is 19.1. The van der Waals surface area contributed by atoms with E-state index in [9.17, 15) is 14.0 Å². The number of hydrogen-bond acceptors (Lipinski definition) is 8. The molecular weight excluding hydrogens is 435 g/mol. The van der Waals surface area contributed by atoms with Crippen LogP contribution in [0.3, 0.4) is 0 Å². The number of nitrogens with one attached hydrogen (secondary N) is 3. The van der Waals surface area contributed by atoms with E-state index in [4.69, 9.17) is 20.3 Å². The van der Waals surface area contributed by atoms with Crippen molar-refractivity contribution in [1.82, 2.24) is 15.3 Å². The van der Waals surface area contributed by atoms with Gasteiger partial charge in [-0.2, -0.15) is 0 Å². The number of primary amides is 1. The predicted octanol–water partition coefficient (Wildman–Crippen LogP) is 2.72. The third-order valence-electron chi connectivity index (χ3n) is 4.77. The highest BCUT2D eigenvalue weighted by molar-refractivity contribution is 5.98. The van der Waals surface area contributed by atoms with Gasteiger partial charge in [0.15, 0.2) is 11.6 Å². The van der Waals surface area contributed by atoms with Crippen LogP contribution in [0.4, 0.5) is 26.5 Å². The maximum Gasteiger partial charge on any atom is 0.404 e. The van der Waals surface area contributed by atoms with Crippen molar-refractivity contribution in [2.24, 2.45) is 5.73 Å². The molecule has 0 spiro atoms. The maximum atomic E-state index is 14.8. The Morgan fingerprint density at radius 1 is 1.18 bits per heavy atom. The molecule has 0 aliphatic carbocycles. The summed E-state index contributed by atoms with van der Waals surface area (Å²) in [6.45, 7) is 4.33. The Balaban J connectivity index is 2.33. The fraction of sp³-hybridized carbons (Fsp3) is 0.429. The summed E-state index contributed by atoms with van der Waals surface area (Å²) in [6, 6.07) is 3.26. The smallest absolute Gasteiger partial charge is 0.404 e. The van der Waals surface area contributed by atoms with Crippen LogP contribution in [0.5, 0.6) is 5.88 Å². The van der Waals surface area contributed by atoms with Crippen molar-refractivity contribution < 1.29 is 28.6 Å². The lowest BCUT2D eigenvalue weighted by atomic mass is 10.0. The molecule has 2 atom stereocenters. The Morgan fingerprint density at radius 3 is 2.52 bits per heavy atom. The first-order valence-electron chi connectivity index (χ1n) is 10.4. The van der Waals surface area contributed by atoms with E-state index in [1.54, 1.807) is 19.2 Å². The van der Waals surface area contributed by atoms with Crippen molar-refractivity contribution in [3.05, 3.63) is 35.8 Å². The number of carboxylic acid groups (broad SMARTS) is 1. The van der Waals surface area contributed by atoms with Gasteiger partial charge in [0, 0.05) is 31.1 Å². The van der Waals surface area contributed by atoms with E-state index < -0.39 is 29.9 Å². The number of nitrogens with two attached hydrogens (primary N) is 1. The molecule has 2 rings (SSSR count). The van der Waals surface area contributed by atoms with Crippen LogP contribution in [0.2, 0.25) is 0 Å². The average Bonchev–Trinajstić information content (AvgIpc) is 2.77. The zero-order valence-electron chi connectivity index (χ0n) is 18.7. The third-order valence-corrected chi connectivity index (χ3v) is 4.77. The number of anilines is 3. The molecule has 0 aliphatic rings. The zero-order valence-corrected chi connectivity index (χ0v) is 18.7. The van der Waals surface area contributed by atoms with Crippen molar-refractivity contribution in [2.75, 3.05) is 31.0 Å². The Hall–Kier alpha value is -3.67. The molecule has 0 bridgehead atoms. The standard InChI is InChI=1S/C21H29FN6O5/c1-4-15(16(5-2)27-21(30)31)26-20-14(22)11-13(18(23)29)19(28-20)25-12-6-7-24-17(10-12)33-9-8-32-3/h6-7,10-11,15-16,27H,4-5,8-9H2,1-3H3,(H2,23,29)(H,30,31)(H2,24,25,26,28)/t15-,16+/m1/s1. The Labute approximate surface area is 190 Å². The normalized spacial score (nSPS) is 12.5. The predicted molar refractivity (Wildman–Crippen MR) is 121 cm³/mol. The van der Waals surface area contributed by atoms with E-state index in [2.05, 4.69) is 25.9 Å². The Morgan fingerprint density at radius 2 is 1.91 bits per heavy atom. The molecule has 2 heterocycles. The lowest BCUT2D eigenvalue weighted by Gasteiger charge is -2.27. The highest BCUT2D eigenvalue weighted by Gasteiger charge is 2.23. The molecule has 2 aromatic rings. The molecule has 12 heteroatoms. The molecule has 2 aromatic heterocycles. The molecule has 0 unspecified atom stereocenters. The van der Waals surface area contributed by atoms with Crippen molar-refractivity contribution in [2.45, 2.75) is 38.8 Å². The summed E-state index contributed by atoms with van der Waals surface area (Å²) in [7, 11) is 1.55. The van der Waals surface area contributed by atoms with Crippen molar-refractivity contribution in [1.29, 1.82) is 0 Å². The van der Waals surface area contributed by atoms with Crippen LogP contribution in [0.1, 0.15) is 37.0 Å². The van der Waals surface area contributed by atoms with Gasteiger partial charge in [0.25, 0.3) is 5.91 Å². The summed E-state index contributed by atoms with van der Waals surface area (Å²) in [5, 5.41) is 17.4. The minimum atomic E-state index is -1.18.